The van der Waals surface area contributed by atoms with Crippen molar-refractivity contribution >= 4 is 17.7 Å². The molecule has 0 spiro atoms. The Labute approximate surface area is 115 Å². The van der Waals surface area contributed by atoms with Crippen LogP contribution in [0.4, 0.5) is 5.95 Å². The minimum Gasteiger partial charge on any atom is -0.356 e. The summed E-state index contributed by atoms with van der Waals surface area (Å²) in [5.74, 6) is 2.35. The van der Waals surface area contributed by atoms with Gasteiger partial charge in [0.05, 0.1) is 5.69 Å². The summed E-state index contributed by atoms with van der Waals surface area (Å²) in [6.07, 6.45) is 12.3. The molecular formula is C14H25N3S. The highest BCUT2D eigenvalue weighted by molar-refractivity contribution is 7.98. The predicted octanol–water partition coefficient (Wildman–Crippen LogP) is 3.86. The molecule has 0 bridgehead atoms. The molecule has 0 amide bonds. The third-order valence-corrected chi connectivity index (χ3v) is 4.33. The fourth-order valence-electron chi connectivity index (χ4n) is 2.68. The van der Waals surface area contributed by atoms with E-state index in [0.717, 1.165) is 18.2 Å². The van der Waals surface area contributed by atoms with E-state index in [-0.39, 0.29) is 0 Å². The molecular weight excluding hydrogens is 242 g/mol. The maximum Gasteiger partial charge on any atom is 0.203 e. The third-order valence-electron chi connectivity index (χ3n) is 3.63. The number of hydrogen-bond donors (Lipinski definition) is 1. The number of hydrogen-bond acceptors (Lipinski definition) is 3. The molecule has 102 valence electrons. The topological polar surface area (TPSA) is 29.9 Å². The lowest BCUT2D eigenvalue weighted by Crippen LogP contribution is -2.11. The van der Waals surface area contributed by atoms with Gasteiger partial charge in [0.25, 0.3) is 0 Å². The van der Waals surface area contributed by atoms with Gasteiger partial charge >= 0.3 is 0 Å². The second-order valence-corrected chi connectivity index (χ2v) is 6.16. The van der Waals surface area contributed by atoms with Gasteiger partial charge in [-0.25, -0.2) is 4.98 Å². The van der Waals surface area contributed by atoms with Crippen LogP contribution in [0.3, 0.4) is 0 Å². The van der Waals surface area contributed by atoms with Crippen LogP contribution in [0, 0.1) is 6.92 Å². The van der Waals surface area contributed by atoms with E-state index in [1.54, 1.807) is 0 Å². The predicted molar refractivity (Wildman–Crippen MR) is 80.6 cm³/mol. The van der Waals surface area contributed by atoms with E-state index < -0.39 is 0 Å². The first kappa shape index (κ1) is 13.8. The van der Waals surface area contributed by atoms with E-state index in [9.17, 15) is 0 Å². The molecule has 0 radical (unpaired) electrons. The van der Waals surface area contributed by atoms with Crippen LogP contribution in [0.2, 0.25) is 0 Å². The zero-order valence-electron chi connectivity index (χ0n) is 11.6. The normalized spacial score (nSPS) is 16.3. The van der Waals surface area contributed by atoms with Crippen LogP contribution in [-0.4, -0.2) is 28.1 Å². The fraction of sp³-hybridized carbons (Fsp3) is 0.786. The second-order valence-electron chi connectivity index (χ2n) is 5.18. The maximum atomic E-state index is 4.62. The molecule has 1 saturated carbocycles. The minimum absolute atomic E-state index is 0.680. The van der Waals surface area contributed by atoms with Gasteiger partial charge in [0, 0.05) is 18.8 Å². The Morgan fingerprint density at radius 1 is 1.39 bits per heavy atom. The quantitative estimate of drug-likeness (QED) is 0.761. The van der Waals surface area contributed by atoms with Gasteiger partial charge in [-0.2, -0.15) is 11.8 Å². The Balaban J connectivity index is 1.86. The van der Waals surface area contributed by atoms with Gasteiger partial charge in [-0.05, 0) is 44.6 Å². The van der Waals surface area contributed by atoms with Gasteiger partial charge < -0.3 is 9.88 Å². The third kappa shape index (κ3) is 3.67. The van der Waals surface area contributed by atoms with Crippen LogP contribution in [0.1, 0.15) is 50.3 Å². The van der Waals surface area contributed by atoms with E-state index in [1.807, 2.05) is 11.8 Å². The number of nitrogens with zero attached hydrogens (tertiary/aromatic N) is 2. The largest absolute Gasteiger partial charge is 0.356 e. The highest BCUT2D eigenvalue weighted by atomic mass is 32.2. The lowest BCUT2D eigenvalue weighted by atomic mass is 10.2. The van der Waals surface area contributed by atoms with E-state index in [4.69, 9.17) is 0 Å². The Kier molecular flexibility index (Phi) is 5.42. The number of anilines is 1. The number of aromatic nitrogens is 2. The number of unbranched alkanes of at least 4 members (excludes halogenated alkanes) is 1. The Hall–Kier alpha value is -0.640. The maximum absolute atomic E-state index is 4.62. The van der Waals surface area contributed by atoms with Crippen molar-refractivity contribution in [2.24, 2.45) is 0 Å². The summed E-state index contributed by atoms with van der Waals surface area (Å²) >= 11 is 1.93. The van der Waals surface area contributed by atoms with Gasteiger partial charge in [0.1, 0.15) is 0 Å². The molecule has 1 fully saturated rings. The Bertz CT molecular complexity index is 356. The SMILES string of the molecule is CSCCCCNc1nc(C)cn1C1CCCC1. The van der Waals surface area contributed by atoms with Crippen molar-refractivity contribution in [3.05, 3.63) is 11.9 Å². The number of thioether (sulfide) groups is 1. The molecule has 1 N–H and O–H groups in total. The van der Waals surface area contributed by atoms with Crippen molar-refractivity contribution in [1.29, 1.82) is 0 Å². The number of aryl methyl sites for hydroxylation is 1. The van der Waals surface area contributed by atoms with E-state index in [0.29, 0.717) is 6.04 Å². The summed E-state index contributed by atoms with van der Waals surface area (Å²) in [7, 11) is 0. The van der Waals surface area contributed by atoms with Gasteiger partial charge in [-0.15, -0.1) is 0 Å². The minimum atomic E-state index is 0.680. The molecule has 3 nitrogen and oxygen atoms in total. The molecule has 0 aliphatic heterocycles. The van der Waals surface area contributed by atoms with Crippen molar-refractivity contribution in [3.63, 3.8) is 0 Å². The van der Waals surface area contributed by atoms with E-state index in [2.05, 4.69) is 34.2 Å². The first-order valence-corrected chi connectivity index (χ1v) is 8.49. The van der Waals surface area contributed by atoms with Crippen LogP contribution in [-0.2, 0) is 0 Å². The standard InChI is InChI=1S/C14H25N3S/c1-12-11-17(13-7-3-4-8-13)14(16-12)15-9-5-6-10-18-2/h11,13H,3-10H2,1-2H3,(H,15,16). The molecule has 0 aromatic carbocycles. The molecule has 1 aromatic heterocycles. The summed E-state index contributed by atoms with van der Waals surface area (Å²) in [5, 5.41) is 3.51. The number of imidazole rings is 1. The van der Waals surface area contributed by atoms with Crippen molar-refractivity contribution in [3.8, 4) is 0 Å². The first-order valence-electron chi connectivity index (χ1n) is 7.09. The molecule has 4 heteroatoms. The highest BCUT2D eigenvalue weighted by Gasteiger charge is 2.19. The molecule has 1 aliphatic rings. The number of rotatable bonds is 7. The Morgan fingerprint density at radius 3 is 2.89 bits per heavy atom. The average Bonchev–Trinajstić information content (AvgIpc) is 2.98. The van der Waals surface area contributed by atoms with Gasteiger partial charge in [0.15, 0.2) is 0 Å². The summed E-state index contributed by atoms with van der Waals surface area (Å²) in [5.41, 5.74) is 1.13. The average molecular weight is 267 g/mol. The van der Waals surface area contributed by atoms with E-state index in [1.165, 1.54) is 44.3 Å². The zero-order valence-corrected chi connectivity index (χ0v) is 12.4. The summed E-state index contributed by atoms with van der Waals surface area (Å²) in [6, 6.07) is 0.680. The second kappa shape index (κ2) is 7.07. The van der Waals surface area contributed by atoms with Crippen LogP contribution < -0.4 is 5.32 Å². The summed E-state index contributed by atoms with van der Waals surface area (Å²) < 4.78 is 2.37. The first-order chi connectivity index (χ1) is 8.81. The van der Waals surface area contributed by atoms with Crippen molar-refractivity contribution < 1.29 is 0 Å². The smallest absolute Gasteiger partial charge is 0.203 e. The molecule has 0 atom stereocenters. The van der Waals surface area contributed by atoms with Crippen LogP contribution >= 0.6 is 11.8 Å². The Morgan fingerprint density at radius 2 is 2.17 bits per heavy atom. The van der Waals surface area contributed by atoms with E-state index >= 15 is 0 Å². The monoisotopic (exact) mass is 267 g/mol. The van der Waals surface area contributed by atoms with Gasteiger partial charge in [-0.3, -0.25) is 0 Å². The van der Waals surface area contributed by atoms with Crippen LogP contribution in [0.5, 0.6) is 0 Å². The zero-order chi connectivity index (χ0) is 12.8. The lowest BCUT2D eigenvalue weighted by molar-refractivity contribution is 0.522. The van der Waals surface area contributed by atoms with Gasteiger partial charge in [-0.1, -0.05) is 12.8 Å². The lowest BCUT2D eigenvalue weighted by Gasteiger charge is -2.15. The molecule has 1 heterocycles. The summed E-state index contributed by atoms with van der Waals surface area (Å²) in [4.78, 5) is 4.62. The fourth-order valence-corrected chi connectivity index (χ4v) is 3.17. The molecule has 1 aliphatic carbocycles. The van der Waals surface area contributed by atoms with Crippen molar-refractivity contribution in [1.82, 2.24) is 9.55 Å². The van der Waals surface area contributed by atoms with Gasteiger partial charge in [0.2, 0.25) is 5.95 Å². The molecule has 0 unspecified atom stereocenters. The molecule has 1 aromatic rings. The summed E-state index contributed by atoms with van der Waals surface area (Å²) in [6.45, 7) is 3.13. The molecule has 0 saturated heterocycles. The molecule has 2 rings (SSSR count). The van der Waals surface area contributed by atoms with Crippen LogP contribution in [0.15, 0.2) is 6.20 Å². The van der Waals surface area contributed by atoms with Crippen LogP contribution in [0.25, 0.3) is 0 Å². The van der Waals surface area contributed by atoms with Crippen molar-refractivity contribution in [2.75, 3.05) is 23.9 Å². The molecule has 18 heavy (non-hydrogen) atoms. The number of nitrogens with one attached hydrogen (secondary N) is 1. The van der Waals surface area contributed by atoms with Crippen molar-refractivity contribution in [2.45, 2.75) is 51.5 Å². The highest BCUT2D eigenvalue weighted by Crippen LogP contribution is 2.32.